The molecule has 0 atom stereocenters. The van der Waals surface area contributed by atoms with Gasteiger partial charge in [-0.3, -0.25) is 4.79 Å². The summed E-state index contributed by atoms with van der Waals surface area (Å²) in [6.45, 7) is 2.10. The van der Waals surface area contributed by atoms with Gasteiger partial charge in [0.05, 0.1) is 5.56 Å². The third-order valence-corrected chi connectivity index (χ3v) is 6.52. The highest BCUT2D eigenvalue weighted by Crippen LogP contribution is 2.33. The summed E-state index contributed by atoms with van der Waals surface area (Å²) in [4.78, 5) is 16.2. The highest BCUT2D eigenvalue weighted by atomic mass is 16.2. The molecular weight excluding hydrogens is 318 g/mol. The Morgan fingerprint density at radius 3 is 2.00 bits per heavy atom. The van der Waals surface area contributed by atoms with Gasteiger partial charge in [-0.1, -0.05) is 74.9 Å². The van der Waals surface area contributed by atoms with Gasteiger partial charge in [0.1, 0.15) is 0 Å². The molecule has 2 nitrogen and oxygen atoms in total. The van der Waals surface area contributed by atoms with Crippen molar-refractivity contribution in [1.29, 1.82) is 0 Å². The van der Waals surface area contributed by atoms with Gasteiger partial charge in [-0.25, -0.2) is 0 Å². The van der Waals surface area contributed by atoms with Gasteiger partial charge in [-0.15, -0.1) is 0 Å². The Morgan fingerprint density at radius 2 is 1.38 bits per heavy atom. The fourth-order valence-corrected chi connectivity index (χ4v) is 5.14. The molecule has 2 saturated carbocycles. The van der Waals surface area contributed by atoms with Crippen LogP contribution in [0.4, 0.5) is 0 Å². The van der Waals surface area contributed by atoms with E-state index in [0.717, 1.165) is 16.5 Å². The zero-order valence-electron chi connectivity index (χ0n) is 16.0. The van der Waals surface area contributed by atoms with Crippen molar-refractivity contribution in [1.82, 2.24) is 4.90 Å². The minimum Gasteiger partial charge on any atom is -0.333 e. The first-order chi connectivity index (χ1) is 12.8. The number of hydrogen-bond donors (Lipinski definition) is 0. The zero-order chi connectivity index (χ0) is 17.9. The number of nitrogens with zero attached hydrogens (tertiary/aromatic N) is 1. The van der Waals surface area contributed by atoms with Crippen LogP contribution in [0.2, 0.25) is 0 Å². The number of carbonyl (C=O) groups excluding carboxylic acids is 1. The summed E-state index contributed by atoms with van der Waals surface area (Å²) in [5.41, 5.74) is 2.06. The molecule has 2 aromatic rings. The standard InChI is InChI=1S/C24H31NO/c1-18-16-17-19-10-8-9-15-22(19)23(18)24(26)25(20-11-4-2-5-12-20)21-13-6-3-7-14-21/h8-10,15-17,20-21H,2-7,11-14H2,1H3. The first-order valence-corrected chi connectivity index (χ1v) is 10.6. The lowest BCUT2D eigenvalue weighted by Gasteiger charge is -2.42. The van der Waals surface area contributed by atoms with Crippen molar-refractivity contribution in [3.05, 3.63) is 47.5 Å². The van der Waals surface area contributed by atoms with Gasteiger partial charge >= 0.3 is 0 Å². The van der Waals surface area contributed by atoms with Gasteiger partial charge < -0.3 is 4.90 Å². The molecule has 0 spiro atoms. The average molecular weight is 350 g/mol. The maximum atomic E-state index is 13.9. The minimum absolute atomic E-state index is 0.290. The van der Waals surface area contributed by atoms with Gasteiger partial charge in [0, 0.05) is 12.1 Å². The second-order valence-electron chi connectivity index (χ2n) is 8.27. The molecule has 1 amide bonds. The van der Waals surface area contributed by atoms with Crippen molar-refractivity contribution >= 4 is 16.7 Å². The molecule has 0 saturated heterocycles. The summed E-state index contributed by atoms with van der Waals surface area (Å²) in [5.74, 6) is 0.290. The predicted molar refractivity (Wildman–Crippen MR) is 109 cm³/mol. The normalized spacial score (nSPS) is 19.6. The van der Waals surface area contributed by atoms with Crippen LogP contribution in [0.15, 0.2) is 36.4 Å². The van der Waals surface area contributed by atoms with Crippen LogP contribution in [-0.4, -0.2) is 22.9 Å². The van der Waals surface area contributed by atoms with Crippen LogP contribution < -0.4 is 0 Å². The molecule has 2 aromatic carbocycles. The molecule has 0 N–H and O–H groups in total. The summed E-state index contributed by atoms with van der Waals surface area (Å²) in [7, 11) is 0. The maximum absolute atomic E-state index is 13.9. The molecule has 0 heterocycles. The molecule has 0 aromatic heterocycles. The van der Waals surface area contributed by atoms with E-state index in [1.165, 1.54) is 69.6 Å². The van der Waals surface area contributed by atoms with E-state index in [0.29, 0.717) is 12.1 Å². The third kappa shape index (κ3) is 3.39. The Balaban J connectivity index is 1.75. The zero-order valence-corrected chi connectivity index (χ0v) is 16.0. The summed E-state index contributed by atoms with van der Waals surface area (Å²) in [5, 5.41) is 2.29. The molecular formula is C24H31NO. The molecule has 0 radical (unpaired) electrons. The van der Waals surface area contributed by atoms with Crippen molar-refractivity contribution < 1.29 is 4.79 Å². The quantitative estimate of drug-likeness (QED) is 0.641. The smallest absolute Gasteiger partial charge is 0.255 e. The first kappa shape index (κ1) is 17.6. The predicted octanol–water partition coefficient (Wildman–Crippen LogP) is 6.26. The summed E-state index contributed by atoms with van der Waals surface area (Å²) in [6, 6.07) is 13.5. The fourth-order valence-electron chi connectivity index (χ4n) is 5.14. The second-order valence-corrected chi connectivity index (χ2v) is 8.27. The third-order valence-electron chi connectivity index (χ3n) is 6.52. The molecule has 2 heteroatoms. The highest BCUT2D eigenvalue weighted by molar-refractivity contribution is 6.08. The Bertz CT molecular complexity index is 751. The van der Waals surface area contributed by atoms with Crippen molar-refractivity contribution in [3.63, 3.8) is 0 Å². The largest absolute Gasteiger partial charge is 0.333 e. The summed E-state index contributed by atoms with van der Waals surface area (Å²) < 4.78 is 0. The van der Waals surface area contributed by atoms with Crippen LogP contribution in [0.1, 0.15) is 80.1 Å². The van der Waals surface area contributed by atoms with Crippen molar-refractivity contribution in [2.75, 3.05) is 0 Å². The van der Waals surface area contributed by atoms with E-state index in [9.17, 15) is 4.79 Å². The second kappa shape index (κ2) is 7.82. The molecule has 2 aliphatic rings. The lowest BCUT2D eigenvalue weighted by Crippen LogP contribution is -2.49. The summed E-state index contributed by atoms with van der Waals surface area (Å²) in [6.07, 6.45) is 12.5. The fraction of sp³-hybridized carbons (Fsp3) is 0.542. The number of benzene rings is 2. The van der Waals surface area contributed by atoms with E-state index in [-0.39, 0.29) is 5.91 Å². The Kier molecular flexibility index (Phi) is 5.28. The van der Waals surface area contributed by atoms with Crippen molar-refractivity contribution in [3.8, 4) is 0 Å². The van der Waals surface area contributed by atoms with E-state index in [2.05, 4.69) is 48.2 Å². The Hall–Kier alpha value is -1.83. The molecule has 26 heavy (non-hydrogen) atoms. The van der Waals surface area contributed by atoms with Crippen LogP contribution in [0.25, 0.3) is 10.8 Å². The number of rotatable bonds is 3. The number of amides is 1. The first-order valence-electron chi connectivity index (χ1n) is 10.6. The number of hydrogen-bond acceptors (Lipinski definition) is 1. The topological polar surface area (TPSA) is 20.3 Å². The monoisotopic (exact) mass is 349 g/mol. The highest BCUT2D eigenvalue weighted by Gasteiger charge is 2.34. The van der Waals surface area contributed by atoms with Crippen molar-refractivity contribution in [2.24, 2.45) is 0 Å². The van der Waals surface area contributed by atoms with Crippen LogP contribution in [0.3, 0.4) is 0 Å². The summed E-state index contributed by atoms with van der Waals surface area (Å²) >= 11 is 0. The van der Waals surface area contributed by atoms with Crippen molar-refractivity contribution in [2.45, 2.75) is 83.2 Å². The van der Waals surface area contributed by atoms with Gasteiger partial charge in [0.2, 0.25) is 0 Å². The Labute approximate surface area is 157 Å². The van der Waals surface area contributed by atoms with Crippen LogP contribution in [-0.2, 0) is 0 Å². The van der Waals surface area contributed by atoms with E-state index < -0.39 is 0 Å². The van der Waals surface area contributed by atoms with Gasteiger partial charge in [-0.2, -0.15) is 0 Å². The van der Waals surface area contributed by atoms with E-state index in [4.69, 9.17) is 0 Å². The van der Waals surface area contributed by atoms with Crippen LogP contribution in [0, 0.1) is 6.92 Å². The molecule has 0 bridgehead atoms. The molecule has 2 fully saturated rings. The Morgan fingerprint density at radius 1 is 0.808 bits per heavy atom. The molecule has 4 rings (SSSR count). The lowest BCUT2D eigenvalue weighted by atomic mass is 9.87. The number of fused-ring (bicyclic) bond motifs is 1. The van der Waals surface area contributed by atoms with Gasteiger partial charge in [0.25, 0.3) is 5.91 Å². The number of carbonyl (C=O) groups is 1. The SMILES string of the molecule is Cc1ccc2ccccc2c1C(=O)N(C1CCCCC1)C1CCCCC1. The van der Waals surface area contributed by atoms with E-state index in [1.807, 2.05) is 0 Å². The maximum Gasteiger partial charge on any atom is 0.255 e. The molecule has 138 valence electrons. The number of aryl methyl sites for hydroxylation is 1. The van der Waals surface area contributed by atoms with Crippen LogP contribution in [0.5, 0.6) is 0 Å². The van der Waals surface area contributed by atoms with Gasteiger partial charge in [-0.05, 0) is 48.9 Å². The molecule has 2 aliphatic carbocycles. The minimum atomic E-state index is 0.290. The van der Waals surface area contributed by atoms with Crippen LogP contribution >= 0.6 is 0 Å². The molecule has 0 aliphatic heterocycles. The van der Waals surface area contributed by atoms with Gasteiger partial charge in [0.15, 0.2) is 0 Å². The molecule has 0 unspecified atom stereocenters. The van der Waals surface area contributed by atoms with E-state index >= 15 is 0 Å². The van der Waals surface area contributed by atoms with E-state index in [1.54, 1.807) is 0 Å². The average Bonchev–Trinajstić information content (AvgIpc) is 2.69. The lowest BCUT2D eigenvalue weighted by molar-refractivity contribution is 0.0450.